The van der Waals surface area contributed by atoms with E-state index < -0.39 is 11.8 Å². The van der Waals surface area contributed by atoms with Gasteiger partial charge in [0.15, 0.2) is 11.5 Å². The van der Waals surface area contributed by atoms with E-state index in [4.69, 9.17) is 16.3 Å². The smallest absolute Gasteiger partial charge is 0.306 e. The zero-order valence-corrected chi connectivity index (χ0v) is 17.4. The monoisotopic (exact) mass is 461 g/mol. The van der Waals surface area contributed by atoms with Crippen LogP contribution in [0.2, 0.25) is 5.02 Å². The first kappa shape index (κ1) is 20.3. The van der Waals surface area contributed by atoms with Crippen LogP contribution in [-0.4, -0.2) is 28.4 Å². The molecule has 0 aliphatic rings. The second-order valence-electron chi connectivity index (χ2n) is 6.06. The molecule has 0 aliphatic heterocycles. The molecule has 0 saturated carbocycles. The van der Waals surface area contributed by atoms with Gasteiger partial charge < -0.3 is 9.84 Å². The third-order valence-electron chi connectivity index (χ3n) is 4.19. The molecule has 5 nitrogen and oxygen atoms in total. The fraction of sp³-hybridized carbons (Fsp3) is 0.190. The number of Topliss-reactive ketones (excluding diaryl/α,β-unsaturated/α-hetero) is 1. The highest BCUT2D eigenvalue weighted by Crippen LogP contribution is 2.38. The summed E-state index contributed by atoms with van der Waals surface area (Å²) in [6, 6.07) is 12.8. The van der Waals surface area contributed by atoms with Gasteiger partial charge in [-0.1, -0.05) is 41.9 Å². The van der Waals surface area contributed by atoms with E-state index in [-0.39, 0.29) is 30.9 Å². The van der Waals surface area contributed by atoms with E-state index in [1.54, 1.807) is 25.1 Å². The van der Waals surface area contributed by atoms with Crippen molar-refractivity contribution in [2.75, 3.05) is 6.61 Å². The first-order valence-electron chi connectivity index (χ1n) is 8.68. The molecule has 7 heteroatoms. The second kappa shape index (κ2) is 8.71. The van der Waals surface area contributed by atoms with E-state index in [0.717, 1.165) is 11.1 Å². The van der Waals surface area contributed by atoms with Crippen molar-refractivity contribution >= 4 is 50.2 Å². The largest absolute Gasteiger partial charge is 0.504 e. The lowest BCUT2D eigenvalue weighted by molar-refractivity contribution is -0.143. The van der Waals surface area contributed by atoms with Crippen LogP contribution in [0.3, 0.4) is 0 Å². The van der Waals surface area contributed by atoms with Crippen LogP contribution in [-0.2, 0) is 9.53 Å². The number of esters is 1. The molecule has 0 fully saturated rings. The Balaban J connectivity index is 2.07. The van der Waals surface area contributed by atoms with E-state index in [9.17, 15) is 14.7 Å². The number of halogens is 2. The predicted molar refractivity (Wildman–Crippen MR) is 112 cm³/mol. The van der Waals surface area contributed by atoms with Gasteiger partial charge in [0.1, 0.15) is 5.69 Å². The number of hydrogen-bond donors (Lipinski definition) is 1. The zero-order valence-electron chi connectivity index (χ0n) is 15.0. The quantitative estimate of drug-likeness (QED) is 0.384. The minimum absolute atomic E-state index is 0.0701. The molecule has 0 atom stereocenters. The number of fused-ring (bicyclic) bond motifs is 1. The van der Waals surface area contributed by atoms with E-state index in [1.807, 2.05) is 24.3 Å². The number of ketones is 1. The molecule has 0 spiro atoms. The standard InChI is InChI=1S/C21H17BrClNO4/c1-2-28-17(26)10-9-16(25)20-21(27)18(22)15-8-4-7-14(19(15)24-20)12-5-3-6-13(23)11-12/h3-8,11,27H,2,9-10H2,1H3. The fourth-order valence-corrected chi connectivity index (χ4v) is 3.59. The normalized spacial score (nSPS) is 10.8. The minimum atomic E-state index is -0.463. The molecule has 28 heavy (non-hydrogen) atoms. The van der Waals surface area contributed by atoms with E-state index >= 15 is 0 Å². The van der Waals surface area contributed by atoms with Gasteiger partial charge in [0.2, 0.25) is 0 Å². The molecule has 2 aromatic carbocycles. The summed E-state index contributed by atoms with van der Waals surface area (Å²) >= 11 is 9.48. The Hall–Kier alpha value is -2.44. The molecule has 0 saturated heterocycles. The van der Waals surface area contributed by atoms with Crippen molar-refractivity contribution in [3.63, 3.8) is 0 Å². The predicted octanol–water partition coefficient (Wildman–Crippen LogP) is 5.55. The van der Waals surface area contributed by atoms with Crippen LogP contribution in [0.25, 0.3) is 22.0 Å². The third kappa shape index (κ3) is 4.18. The summed E-state index contributed by atoms with van der Waals surface area (Å²) in [5, 5.41) is 11.7. The van der Waals surface area contributed by atoms with Crippen molar-refractivity contribution in [1.29, 1.82) is 0 Å². The van der Waals surface area contributed by atoms with Crippen molar-refractivity contribution in [3.8, 4) is 16.9 Å². The van der Waals surface area contributed by atoms with Gasteiger partial charge in [-0.3, -0.25) is 9.59 Å². The van der Waals surface area contributed by atoms with Crippen molar-refractivity contribution in [1.82, 2.24) is 4.98 Å². The molecule has 0 radical (unpaired) electrons. The summed E-state index contributed by atoms with van der Waals surface area (Å²) in [6.07, 6.45) is -0.171. The molecule has 0 bridgehead atoms. The maximum Gasteiger partial charge on any atom is 0.306 e. The summed E-state index contributed by atoms with van der Waals surface area (Å²) in [7, 11) is 0. The van der Waals surface area contributed by atoms with Crippen LogP contribution in [0.4, 0.5) is 0 Å². The Kier molecular flexibility index (Phi) is 6.31. The molecular formula is C21H17BrClNO4. The summed E-state index contributed by atoms with van der Waals surface area (Å²) in [6.45, 7) is 1.95. The van der Waals surface area contributed by atoms with E-state index in [2.05, 4.69) is 20.9 Å². The van der Waals surface area contributed by atoms with Crippen molar-refractivity contribution in [2.24, 2.45) is 0 Å². The van der Waals surface area contributed by atoms with Crippen molar-refractivity contribution in [3.05, 3.63) is 57.7 Å². The molecule has 3 rings (SSSR count). The Morgan fingerprint density at radius 1 is 1.18 bits per heavy atom. The van der Waals surface area contributed by atoms with Crippen LogP contribution in [0.15, 0.2) is 46.9 Å². The summed E-state index contributed by atoms with van der Waals surface area (Å²) < 4.78 is 5.22. The molecule has 0 aliphatic carbocycles. The van der Waals surface area contributed by atoms with Gasteiger partial charge in [0.25, 0.3) is 0 Å². The highest BCUT2D eigenvalue weighted by Gasteiger charge is 2.21. The summed E-state index contributed by atoms with van der Waals surface area (Å²) in [4.78, 5) is 28.6. The highest BCUT2D eigenvalue weighted by molar-refractivity contribution is 9.10. The Labute approximate surface area is 175 Å². The first-order valence-corrected chi connectivity index (χ1v) is 9.85. The number of aromatic nitrogens is 1. The number of pyridine rings is 1. The number of para-hydroxylation sites is 1. The lowest BCUT2D eigenvalue weighted by Crippen LogP contribution is -2.09. The van der Waals surface area contributed by atoms with Gasteiger partial charge in [-0.05, 0) is 40.5 Å². The Morgan fingerprint density at radius 3 is 2.64 bits per heavy atom. The molecule has 3 aromatic rings. The molecule has 0 unspecified atom stereocenters. The van der Waals surface area contributed by atoms with E-state index in [0.29, 0.717) is 20.4 Å². The number of benzene rings is 2. The fourth-order valence-electron chi connectivity index (χ4n) is 2.89. The van der Waals surface area contributed by atoms with Crippen LogP contribution in [0.1, 0.15) is 30.3 Å². The number of nitrogens with zero attached hydrogens (tertiary/aromatic N) is 1. The van der Waals surface area contributed by atoms with Crippen molar-refractivity contribution < 1.29 is 19.4 Å². The number of rotatable bonds is 6. The molecule has 1 aromatic heterocycles. The Morgan fingerprint density at radius 2 is 1.93 bits per heavy atom. The van der Waals surface area contributed by atoms with Crippen LogP contribution < -0.4 is 0 Å². The van der Waals surface area contributed by atoms with E-state index in [1.165, 1.54) is 0 Å². The third-order valence-corrected chi connectivity index (χ3v) is 5.23. The molecule has 0 amide bonds. The lowest BCUT2D eigenvalue weighted by atomic mass is 10.0. The summed E-state index contributed by atoms with van der Waals surface area (Å²) in [5.41, 5.74) is 2.08. The van der Waals surface area contributed by atoms with Crippen LogP contribution >= 0.6 is 27.5 Å². The lowest BCUT2D eigenvalue weighted by Gasteiger charge is -2.12. The minimum Gasteiger partial charge on any atom is -0.504 e. The summed E-state index contributed by atoms with van der Waals surface area (Å²) in [5.74, 6) is -1.14. The second-order valence-corrected chi connectivity index (χ2v) is 7.29. The van der Waals surface area contributed by atoms with Crippen LogP contribution in [0.5, 0.6) is 5.75 Å². The van der Waals surface area contributed by atoms with Crippen molar-refractivity contribution in [2.45, 2.75) is 19.8 Å². The number of aromatic hydroxyl groups is 1. The SMILES string of the molecule is CCOC(=O)CCC(=O)c1nc2c(-c3cccc(Cl)c3)cccc2c(Br)c1O. The maximum absolute atomic E-state index is 12.6. The number of carbonyl (C=O) groups is 2. The molecular weight excluding hydrogens is 446 g/mol. The molecule has 1 heterocycles. The number of carbonyl (C=O) groups excluding carboxylic acids is 2. The topological polar surface area (TPSA) is 76.5 Å². The van der Waals surface area contributed by atoms with Gasteiger partial charge in [-0.2, -0.15) is 0 Å². The van der Waals surface area contributed by atoms with Gasteiger partial charge in [-0.25, -0.2) is 4.98 Å². The van der Waals surface area contributed by atoms with Gasteiger partial charge in [-0.15, -0.1) is 0 Å². The average molecular weight is 463 g/mol. The first-order chi connectivity index (χ1) is 13.4. The van der Waals surface area contributed by atoms with Gasteiger partial charge >= 0.3 is 5.97 Å². The number of ether oxygens (including phenoxy) is 1. The Bertz CT molecular complexity index is 1070. The molecule has 1 N–H and O–H groups in total. The highest BCUT2D eigenvalue weighted by atomic mass is 79.9. The van der Waals surface area contributed by atoms with Gasteiger partial charge in [0.05, 0.1) is 23.0 Å². The van der Waals surface area contributed by atoms with Gasteiger partial charge in [0, 0.05) is 22.4 Å². The zero-order chi connectivity index (χ0) is 20.3. The molecule has 144 valence electrons. The average Bonchev–Trinajstić information content (AvgIpc) is 2.68. The van der Waals surface area contributed by atoms with Crippen LogP contribution in [0, 0.1) is 0 Å². The maximum atomic E-state index is 12.6. The number of hydrogen-bond acceptors (Lipinski definition) is 5.